The van der Waals surface area contributed by atoms with E-state index in [4.69, 9.17) is 4.74 Å². The first-order valence-corrected chi connectivity index (χ1v) is 4.86. The van der Waals surface area contributed by atoms with Crippen LogP contribution in [0.5, 0.6) is 0 Å². The number of aryl methyl sites for hydroxylation is 1. The molecule has 0 spiro atoms. The van der Waals surface area contributed by atoms with E-state index >= 15 is 0 Å². The van der Waals surface area contributed by atoms with Gasteiger partial charge in [-0.3, -0.25) is 0 Å². The highest BCUT2D eigenvalue weighted by atomic mass is 16.5. The number of nitrogens with zero attached hydrogens (tertiary/aromatic N) is 2. The predicted molar refractivity (Wildman–Crippen MR) is 56.3 cm³/mol. The fourth-order valence-electron chi connectivity index (χ4n) is 1.13. The maximum atomic E-state index is 5.37. The predicted octanol–water partition coefficient (Wildman–Crippen LogP) is 1.75. The molecule has 0 unspecified atom stereocenters. The Hall–Kier alpha value is -1.16. The van der Waals surface area contributed by atoms with E-state index in [9.17, 15) is 0 Å². The van der Waals surface area contributed by atoms with Gasteiger partial charge in [0, 0.05) is 25.4 Å². The number of nitrogens with one attached hydrogen (secondary N) is 1. The highest BCUT2D eigenvalue weighted by Gasteiger charge is 2.00. The number of anilines is 1. The van der Waals surface area contributed by atoms with E-state index < -0.39 is 0 Å². The van der Waals surface area contributed by atoms with E-state index in [2.05, 4.69) is 22.2 Å². The molecule has 0 saturated carbocycles. The van der Waals surface area contributed by atoms with Crippen molar-refractivity contribution in [3.05, 3.63) is 17.6 Å². The van der Waals surface area contributed by atoms with Crippen molar-refractivity contribution in [1.29, 1.82) is 0 Å². The lowest BCUT2D eigenvalue weighted by atomic mass is 10.4. The van der Waals surface area contributed by atoms with Crippen LogP contribution in [0.4, 0.5) is 5.82 Å². The molecule has 4 heteroatoms. The molecule has 0 atom stereocenters. The van der Waals surface area contributed by atoms with Crippen LogP contribution in [0.25, 0.3) is 0 Å². The second-order valence-corrected chi connectivity index (χ2v) is 3.11. The van der Waals surface area contributed by atoms with Gasteiger partial charge in [0.25, 0.3) is 0 Å². The molecule has 0 aliphatic heterocycles. The third-order valence-electron chi connectivity index (χ3n) is 1.74. The van der Waals surface area contributed by atoms with Crippen LogP contribution in [-0.4, -0.2) is 23.6 Å². The van der Waals surface area contributed by atoms with Crippen molar-refractivity contribution in [3.63, 3.8) is 0 Å². The van der Waals surface area contributed by atoms with Gasteiger partial charge in [-0.15, -0.1) is 0 Å². The van der Waals surface area contributed by atoms with Crippen molar-refractivity contribution in [2.45, 2.75) is 26.9 Å². The molecule has 0 amide bonds. The zero-order valence-corrected chi connectivity index (χ0v) is 9.00. The summed E-state index contributed by atoms with van der Waals surface area (Å²) in [7, 11) is 1.85. The molecule has 0 bridgehead atoms. The van der Waals surface area contributed by atoms with E-state index in [0.717, 1.165) is 30.4 Å². The lowest BCUT2D eigenvalue weighted by Gasteiger charge is -2.05. The van der Waals surface area contributed by atoms with E-state index in [1.54, 1.807) is 0 Å². The Labute approximate surface area is 84.7 Å². The largest absolute Gasteiger partial charge is 0.373 e. The molecule has 0 saturated heterocycles. The van der Waals surface area contributed by atoms with Gasteiger partial charge in [-0.2, -0.15) is 0 Å². The van der Waals surface area contributed by atoms with E-state index in [0.29, 0.717) is 6.61 Å². The number of rotatable bonds is 5. The minimum atomic E-state index is 0.490. The van der Waals surface area contributed by atoms with E-state index in [-0.39, 0.29) is 0 Å². The molecular weight excluding hydrogens is 178 g/mol. The molecule has 1 aromatic heterocycles. The van der Waals surface area contributed by atoms with Crippen molar-refractivity contribution in [1.82, 2.24) is 9.97 Å². The smallest absolute Gasteiger partial charge is 0.156 e. The lowest BCUT2D eigenvalue weighted by Crippen LogP contribution is -2.04. The Balaban J connectivity index is 2.62. The van der Waals surface area contributed by atoms with Gasteiger partial charge in [-0.25, -0.2) is 9.97 Å². The lowest BCUT2D eigenvalue weighted by molar-refractivity contribution is 0.116. The fourth-order valence-corrected chi connectivity index (χ4v) is 1.13. The average Bonchev–Trinajstić information content (AvgIpc) is 2.17. The van der Waals surface area contributed by atoms with Gasteiger partial charge < -0.3 is 10.1 Å². The summed E-state index contributed by atoms with van der Waals surface area (Å²) in [5, 5.41) is 2.99. The molecule has 0 aliphatic rings. The second-order valence-electron chi connectivity index (χ2n) is 3.11. The molecule has 14 heavy (non-hydrogen) atoms. The Morgan fingerprint density at radius 3 is 2.86 bits per heavy atom. The topological polar surface area (TPSA) is 47.0 Å². The van der Waals surface area contributed by atoms with E-state index in [1.807, 2.05) is 20.0 Å². The van der Waals surface area contributed by atoms with Crippen molar-refractivity contribution in [2.24, 2.45) is 0 Å². The monoisotopic (exact) mass is 195 g/mol. The van der Waals surface area contributed by atoms with Crippen LogP contribution in [0.1, 0.15) is 24.9 Å². The summed E-state index contributed by atoms with van der Waals surface area (Å²) in [5.74, 6) is 1.58. The van der Waals surface area contributed by atoms with Crippen molar-refractivity contribution in [3.8, 4) is 0 Å². The number of hydrogen-bond acceptors (Lipinski definition) is 4. The first-order chi connectivity index (χ1) is 6.76. The molecule has 1 N–H and O–H groups in total. The molecule has 0 fully saturated rings. The van der Waals surface area contributed by atoms with E-state index in [1.165, 1.54) is 0 Å². The van der Waals surface area contributed by atoms with Crippen LogP contribution in [-0.2, 0) is 11.3 Å². The molecule has 0 aliphatic carbocycles. The third kappa shape index (κ3) is 3.30. The van der Waals surface area contributed by atoms with Crippen LogP contribution in [0.15, 0.2) is 6.07 Å². The molecule has 1 aromatic rings. The Morgan fingerprint density at radius 2 is 2.21 bits per heavy atom. The molecular formula is C10H17N3O. The van der Waals surface area contributed by atoms with Crippen LogP contribution < -0.4 is 5.32 Å². The van der Waals surface area contributed by atoms with Crippen molar-refractivity contribution in [2.75, 3.05) is 19.0 Å². The maximum absolute atomic E-state index is 5.37. The minimum Gasteiger partial charge on any atom is -0.373 e. The van der Waals surface area contributed by atoms with Crippen molar-refractivity contribution < 1.29 is 4.74 Å². The van der Waals surface area contributed by atoms with Gasteiger partial charge in [-0.1, -0.05) is 6.92 Å². The van der Waals surface area contributed by atoms with Crippen LogP contribution in [0, 0.1) is 6.92 Å². The molecule has 0 aromatic carbocycles. The van der Waals surface area contributed by atoms with Gasteiger partial charge in [-0.05, 0) is 13.3 Å². The summed E-state index contributed by atoms with van der Waals surface area (Å²) in [4.78, 5) is 8.55. The summed E-state index contributed by atoms with van der Waals surface area (Å²) < 4.78 is 5.37. The quantitative estimate of drug-likeness (QED) is 0.727. The summed E-state index contributed by atoms with van der Waals surface area (Å²) in [6, 6.07) is 1.91. The number of hydrogen-bond donors (Lipinski definition) is 1. The number of aromatic nitrogens is 2. The Morgan fingerprint density at radius 1 is 1.43 bits per heavy atom. The van der Waals surface area contributed by atoms with Gasteiger partial charge in [0.05, 0.1) is 0 Å². The summed E-state index contributed by atoms with van der Waals surface area (Å²) in [5.41, 5.74) is 0.958. The molecule has 0 radical (unpaired) electrons. The Bertz CT molecular complexity index is 289. The molecule has 4 nitrogen and oxygen atoms in total. The second kappa shape index (κ2) is 5.54. The minimum absolute atomic E-state index is 0.490. The summed E-state index contributed by atoms with van der Waals surface area (Å²) in [6.07, 6.45) is 1.02. The van der Waals surface area contributed by atoms with Gasteiger partial charge in [0.15, 0.2) is 5.82 Å². The third-order valence-corrected chi connectivity index (χ3v) is 1.74. The maximum Gasteiger partial charge on any atom is 0.156 e. The zero-order valence-electron chi connectivity index (χ0n) is 9.00. The first kappa shape index (κ1) is 10.9. The fraction of sp³-hybridized carbons (Fsp3) is 0.600. The average molecular weight is 195 g/mol. The highest BCUT2D eigenvalue weighted by molar-refractivity contribution is 5.34. The molecule has 1 heterocycles. The van der Waals surface area contributed by atoms with Crippen LogP contribution in [0.3, 0.4) is 0 Å². The zero-order chi connectivity index (χ0) is 10.4. The normalized spacial score (nSPS) is 10.2. The van der Waals surface area contributed by atoms with Gasteiger partial charge >= 0.3 is 0 Å². The number of ether oxygens (including phenoxy) is 1. The van der Waals surface area contributed by atoms with Crippen LogP contribution >= 0.6 is 0 Å². The van der Waals surface area contributed by atoms with Crippen LogP contribution in [0.2, 0.25) is 0 Å². The first-order valence-electron chi connectivity index (χ1n) is 4.86. The molecule has 1 rings (SSSR count). The van der Waals surface area contributed by atoms with Crippen molar-refractivity contribution >= 4 is 5.82 Å². The SMILES string of the molecule is CCCOCc1nc(C)cc(NC)n1. The summed E-state index contributed by atoms with van der Waals surface area (Å²) in [6.45, 7) is 5.28. The van der Waals surface area contributed by atoms with Gasteiger partial charge in [0.1, 0.15) is 12.4 Å². The van der Waals surface area contributed by atoms with Gasteiger partial charge in [0.2, 0.25) is 0 Å². The highest BCUT2D eigenvalue weighted by Crippen LogP contribution is 2.05. The molecule has 78 valence electrons. The Kier molecular flexibility index (Phi) is 4.32. The standard InChI is InChI=1S/C10H17N3O/c1-4-5-14-7-10-12-8(2)6-9(11-3)13-10/h6H,4-5,7H2,1-3H3,(H,11,12,13). The summed E-state index contributed by atoms with van der Waals surface area (Å²) >= 11 is 0.